The fourth-order valence-electron chi connectivity index (χ4n) is 3.17. The first kappa shape index (κ1) is 18.2. The molecule has 1 saturated heterocycles. The highest BCUT2D eigenvalue weighted by Gasteiger charge is 2.22. The summed E-state index contributed by atoms with van der Waals surface area (Å²) >= 11 is 0. The number of carbonyl (C=O) groups excluding carboxylic acids is 1. The van der Waals surface area contributed by atoms with Crippen LogP contribution in [0, 0.1) is 0 Å². The Kier molecular flexibility index (Phi) is 7.30. The second-order valence-electron chi connectivity index (χ2n) is 5.95. The summed E-state index contributed by atoms with van der Waals surface area (Å²) in [6.45, 7) is 6.56. The van der Waals surface area contributed by atoms with Crippen LogP contribution in [-0.4, -0.2) is 56.7 Å². The number of piperazine rings is 1. The van der Waals surface area contributed by atoms with Gasteiger partial charge in [0.05, 0.1) is 19.1 Å². The van der Waals surface area contributed by atoms with Crippen molar-refractivity contribution in [1.29, 1.82) is 0 Å². The largest absolute Gasteiger partial charge is 0.373 e. The normalized spacial score (nSPS) is 21.1. The Bertz CT molecular complexity index is 506. The molecular weight excluding hydrogens is 314 g/mol. The summed E-state index contributed by atoms with van der Waals surface area (Å²) in [4.78, 5) is 14.5. The molecule has 0 spiro atoms. The van der Waals surface area contributed by atoms with E-state index in [2.05, 4.69) is 33.7 Å². The quantitative estimate of drug-likeness (QED) is 0.844. The van der Waals surface area contributed by atoms with E-state index in [-0.39, 0.29) is 24.4 Å². The monoisotopic (exact) mass is 339 g/mol. The molecule has 1 unspecified atom stereocenters. The topological polar surface area (TPSA) is 53.6 Å². The van der Waals surface area contributed by atoms with E-state index >= 15 is 0 Å². The van der Waals surface area contributed by atoms with E-state index < -0.39 is 0 Å². The third kappa shape index (κ3) is 5.18. The summed E-state index contributed by atoms with van der Waals surface area (Å²) in [5.74, 6) is 0.0804. The van der Waals surface area contributed by atoms with Gasteiger partial charge in [0.25, 0.3) is 0 Å². The van der Waals surface area contributed by atoms with Gasteiger partial charge >= 0.3 is 0 Å². The van der Waals surface area contributed by atoms with Crippen LogP contribution in [0.4, 0.5) is 0 Å². The number of amides is 1. The van der Waals surface area contributed by atoms with Crippen LogP contribution in [0.5, 0.6) is 0 Å². The summed E-state index contributed by atoms with van der Waals surface area (Å²) in [6, 6.07) is 8.28. The molecule has 23 heavy (non-hydrogen) atoms. The SMILES string of the molecule is Cl.O=C(CC1OCCc2ccccc21)NCCN1CCNCC1. The number of carbonyl (C=O) groups is 1. The van der Waals surface area contributed by atoms with Crippen molar-refractivity contribution in [2.75, 3.05) is 45.9 Å². The van der Waals surface area contributed by atoms with E-state index in [0.29, 0.717) is 19.6 Å². The number of rotatable bonds is 5. The fraction of sp³-hybridized carbons (Fsp3) is 0.588. The van der Waals surface area contributed by atoms with Crippen molar-refractivity contribution in [2.24, 2.45) is 0 Å². The molecule has 6 heteroatoms. The van der Waals surface area contributed by atoms with Crippen molar-refractivity contribution in [3.63, 3.8) is 0 Å². The minimum absolute atomic E-state index is 0. The third-order valence-corrected chi connectivity index (χ3v) is 4.42. The summed E-state index contributed by atoms with van der Waals surface area (Å²) in [7, 11) is 0. The zero-order valence-electron chi connectivity index (χ0n) is 13.4. The maximum Gasteiger partial charge on any atom is 0.223 e. The number of hydrogen-bond donors (Lipinski definition) is 2. The van der Waals surface area contributed by atoms with Gasteiger partial charge < -0.3 is 15.4 Å². The molecule has 2 heterocycles. The van der Waals surface area contributed by atoms with Crippen LogP contribution in [0.3, 0.4) is 0 Å². The molecule has 2 N–H and O–H groups in total. The summed E-state index contributed by atoms with van der Waals surface area (Å²) < 4.78 is 5.79. The molecule has 2 aliphatic rings. The number of hydrogen-bond acceptors (Lipinski definition) is 4. The van der Waals surface area contributed by atoms with Crippen LogP contribution in [0.25, 0.3) is 0 Å². The molecule has 1 fully saturated rings. The fourth-order valence-corrected chi connectivity index (χ4v) is 3.17. The molecule has 1 aromatic carbocycles. The third-order valence-electron chi connectivity index (χ3n) is 4.42. The van der Waals surface area contributed by atoms with E-state index in [1.165, 1.54) is 11.1 Å². The highest BCUT2D eigenvalue weighted by Crippen LogP contribution is 2.29. The van der Waals surface area contributed by atoms with Gasteiger partial charge in [0, 0.05) is 39.3 Å². The second kappa shape index (κ2) is 9.23. The van der Waals surface area contributed by atoms with Crippen molar-refractivity contribution >= 4 is 18.3 Å². The van der Waals surface area contributed by atoms with Gasteiger partial charge in [-0.2, -0.15) is 0 Å². The lowest BCUT2D eigenvalue weighted by Crippen LogP contribution is -2.46. The molecule has 3 rings (SSSR count). The van der Waals surface area contributed by atoms with Crippen LogP contribution in [0.1, 0.15) is 23.7 Å². The lowest BCUT2D eigenvalue weighted by molar-refractivity contribution is -0.124. The molecule has 0 radical (unpaired) electrons. The van der Waals surface area contributed by atoms with Gasteiger partial charge in [0.1, 0.15) is 0 Å². The molecule has 128 valence electrons. The highest BCUT2D eigenvalue weighted by molar-refractivity contribution is 5.85. The summed E-state index contributed by atoms with van der Waals surface area (Å²) in [5.41, 5.74) is 2.48. The van der Waals surface area contributed by atoms with Gasteiger partial charge in [0.2, 0.25) is 5.91 Å². The van der Waals surface area contributed by atoms with Crippen molar-refractivity contribution in [3.05, 3.63) is 35.4 Å². The van der Waals surface area contributed by atoms with E-state index in [9.17, 15) is 4.79 Å². The maximum atomic E-state index is 12.1. The highest BCUT2D eigenvalue weighted by atomic mass is 35.5. The Morgan fingerprint density at radius 1 is 1.30 bits per heavy atom. The first-order chi connectivity index (χ1) is 10.8. The lowest BCUT2D eigenvalue weighted by Gasteiger charge is -2.28. The Labute approximate surface area is 144 Å². The Hall–Kier alpha value is -1.14. The molecule has 0 aliphatic carbocycles. The Balaban J connectivity index is 0.00000192. The zero-order valence-corrected chi connectivity index (χ0v) is 14.2. The first-order valence-corrected chi connectivity index (χ1v) is 8.22. The van der Waals surface area contributed by atoms with Crippen LogP contribution in [0.2, 0.25) is 0 Å². The number of nitrogens with one attached hydrogen (secondary N) is 2. The smallest absolute Gasteiger partial charge is 0.223 e. The molecule has 1 atom stereocenters. The van der Waals surface area contributed by atoms with Gasteiger partial charge in [-0.3, -0.25) is 9.69 Å². The summed E-state index contributed by atoms with van der Waals surface area (Å²) in [5, 5.41) is 6.36. The summed E-state index contributed by atoms with van der Waals surface area (Å²) in [6.07, 6.45) is 1.26. The van der Waals surface area contributed by atoms with E-state index in [0.717, 1.165) is 39.1 Å². The van der Waals surface area contributed by atoms with Gasteiger partial charge in [-0.15, -0.1) is 12.4 Å². The van der Waals surface area contributed by atoms with Crippen LogP contribution in [0.15, 0.2) is 24.3 Å². The van der Waals surface area contributed by atoms with Crippen LogP contribution in [-0.2, 0) is 16.0 Å². The van der Waals surface area contributed by atoms with E-state index in [1.54, 1.807) is 0 Å². The number of nitrogens with zero attached hydrogens (tertiary/aromatic N) is 1. The van der Waals surface area contributed by atoms with Crippen molar-refractivity contribution in [3.8, 4) is 0 Å². The standard InChI is InChI=1S/C17H25N3O2.ClH/c21-17(19-8-11-20-9-6-18-7-10-20)13-16-15-4-2-1-3-14(15)5-12-22-16;/h1-4,16,18H,5-13H2,(H,19,21);1H. The second-order valence-corrected chi connectivity index (χ2v) is 5.95. The van der Waals surface area contributed by atoms with E-state index in [1.807, 2.05) is 6.07 Å². The van der Waals surface area contributed by atoms with Crippen LogP contribution < -0.4 is 10.6 Å². The number of fused-ring (bicyclic) bond motifs is 1. The van der Waals surface area contributed by atoms with E-state index in [4.69, 9.17) is 4.74 Å². The molecule has 1 amide bonds. The zero-order chi connectivity index (χ0) is 15.2. The molecule has 0 aromatic heterocycles. The molecule has 1 aromatic rings. The van der Waals surface area contributed by atoms with Crippen molar-refractivity contribution in [2.45, 2.75) is 18.9 Å². The maximum absolute atomic E-state index is 12.1. The van der Waals surface area contributed by atoms with Gasteiger partial charge in [0.15, 0.2) is 0 Å². The van der Waals surface area contributed by atoms with Crippen molar-refractivity contribution in [1.82, 2.24) is 15.5 Å². The molecular formula is C17H26ClN3O2. The average Bonchev–Trinajstić information content (AvgIpc) is 2.56. The van der Waals surface area contributed by atoms with Gasteiger partial charge in [-0.25, -0.2) is 0 Å². The molecule has 2 aliphatic heterocycles. The number of ether oxygens (including phenoxy) is 1. The Morgan fingerprint density at radius 2 is 2.09 bits per heavy atom. The predicted molar refractivity (Wildman–Crippen MR) is 93.0 cm³/mol. The Morgan fingerprint density at radius 3 is 2.91 bits per heavy atom. The van der Waals surface area contributed by atoms with Crippen molar-refractivity contribution < 1.29 is 9.53 Å². The first-order valence-electron chi connectivity index (χ1n) is 8.22. The number of benzene rings is 1. The molecule has 0 bridgehead atoms. The minimum Gasteiger partial charge on any atom is -0.373 e. The number of halogens is 1. The molecule has 5 nitrogen and oxygen atoms in total. The lowest BCUT2D eigenvalue weighted by atomic mass is 9.96. The minimum atomic E-state index is -0.0934. The average molecular weight is 340 g/mol. The predicted octanol–water partition coefficient (Wildman–Crippen LogP) is 1.13. The van der Waals surface area contributed by atoms with Crippen LogP contribution >= 0.6 is 12.4 Å². The van der Waals surface area contributed by atoms with Gasteiger partial charge in [-0.1, -0.05) is 24.3 Å². The van der Waals surface area contributed by atoms with Gasteiger partial charge in [-0.05, 0) is 17.5 Å². The molecule has 0 saturated carbocycles.